The lowest BCUT2D eigenvalue weighted by Crippen LogP contribution is -2.25. The zero-order chi connectivity index (χ0) is 20.7. The van der Waals surface area contributed by atoms with Crippen LogP contribution in [0.1, 0.15) is 16.1 Å². The highest BCUT2D eigenvalue weighted by Crippen LogP contribution is 2.35. The monoisotopic (exact) mass is 421 g/mol. The van der Waals surface area contributed by atoms with Crippen LogP contribution >= 0.6 is 11.3 Å². The molecule has 0 unspecified atom stereocenters. The predicted molar refractivity (Wildman–Crippen MR) is 116 cm³/mol. The summed E-state index contributed by atoms with van der Waals surface area (Å²) < 4.78 is 21.4. The van der Waals surface area contributed by atoms with E-state index in [0.29, 0.717) is 11.4 Å². The highest BCUT2D eigenvalue weighted by atomic mass is 32.1. The maximum Gasteiger partial charge on any atom is 0.258 e. The molecule has 3 aromatic heterocycles. The lowest BCUT2D eigenvalue weighted by atomic mass is 10.0. The van der Waals surface area contributed by atoms with Gasteiger partial charge >= 0.3 is 0 Å². The Balaban J connectivity index is 1.39. The van der Waals surface area contributed by atoms with E-state index in [-0.39, 0.29) is 12.2 Å². The molecule has 0 saturated carbocycles. The summed E-state index contributed by atoms with van der Waals surface area (Å²) in [7, 11) is 2.15. The normalized spacial score (nSPS) is 14.1. The van der Waals surface area contributed by atoms with E-state index in [4.69, 9.17) is 4.74 Å². The Kier molecular flexibility index (Phi) is 4.84. The Morgan fingerprint density at radius 3 is 2.90 bits per heavy atom. The van der Waals surface area contributed by atoms with Crippen LogP contribution in [-0.2, 0) is 19.6 Å². The van der Waals surface area contributed by atoms with Gasteiger partial charge in [0, 0.05) is 34.9 Å². The number of benzene rings is 1. The summed E-state index contributed by atoms with van der Waals surface area (Å²) in [5.41, 5.74) is 2.72. The number of likely N-dealkylation sites (N-methyl/N-ethyl adjacent to an activating group) is 1. The SMILES string of the molecule is CN1CCc2c(sc3cc(-n4ccc(OCc5ccc(F)cn5)cc4=O)ccc23)C1. The molecule has 1 aliphatic heterocycles. The molecule has 0 fully saturated rings. The van der Waals surface area contributed by atoms with Crippen molar-refractivity contribution in [3.8, 4) is 11.4 Å². The molecule has 0 radical (unpaired) electrons. The first-order valence-electron chi connectivity index (χ1n) is 9.76. The second kappa shape index (κ2) is 7.66. The van der Waals surface area contributed by atoms with Crippen LogP contribution in [0.3, 0.4) is 0 Å². The first kappa shape index (κ1) is 19.0. The second-order valence-corrected chi connectivity index (χ2v) is 8.64. The van der Waals surface area contributed by atoms with Gasteiger partial charge in [-0.3, -0.25) is 14.3 Å². The smallest absolute Gasteiger partial charge is 0.258 e. The van der Waals surface area contributed by atoms with E-state index >= 15 is 0 Å². The van der Waals surface area contributed by atoms with E-state index in [0.717, 1.165) is 31.4 Å². The van der Waals surface area contributed by atoms with Crippen molar-refractivity contribution in [3.63, 3.8) is 0 Å². The zero-order valence-corrected chi connectivity index (χ0v) is 17.3. The van der Waals surface area contributed by atoms with E-state index in [1.165, 1.54) is 32.7 Å². The van der Waals surface area contributed by atoms with Crippen LogP contribution < -0.4 is 10.3 Å². The van der Waals surface area contributed by atoms with E-state index in [1.54, 1.807) is 22.9 Å². The van der Waals surface area contributed by atoms with Gasteiger partial charge in [-0.25, -0.2) is 4.39 Å². The van der Waals surface area contributed by atoms with E-state index in [2.05, 4.69) is 29.1 Å². The van der Waals surface area contributed by atoms with Crippen molar-refractivity contribution in [1.29, 1.82) is 0 Å². The van der Waals surface area contributed by atoms with Gasteiger partial charge in [0.15, 0.2) is 0 Å². The predicted octanol–water partition coefficient (Wildman–Crippen LogP) is 4.15. The summed E-state index contributed by atoms with van der Waals surface area (Å²) in [6, 6.07) is 12.3. The Labute approximate surface area is 177 Å². The Bertz CT molecular complexity index is 1280. The third-order valence-electron chi connectivity index (χ3n) is 5.36. The van der Waals surface area contributed by atoms with Gasteiger partial charge in [-0.15, -0.1) is 11.3 Å². The minimum atomic E-state index is -0.392. The molecular formula is C23H20FN3O2S. The van der Waals surface area contributed by atoms with Gasteiger partial charge in [0.2, 0.25) is 0 Å². The molecule has 0 atom stereocenters. The number of hydrogen-bond donors (Lipinski definition) is 0. The Morgan fingerprint density at radius 2 is 2.10 bits per heavy atom. The van der Waals surface area contributed by atoms with Crippen molar-refractivity contribution in [2.75, 3.05) is 13.6 Å². The van der Waals surface area contributed by atoms with Crippen LogP contribution in [0.25, 0.3) is 15.8 Å². The van der Waals surface area contributed by atoms with Crippen molar-refractivity contribution < 1.29 is 9.13 Å². The quantitative estimate of drug-likeness (QED) is 0.497. The van der Waals surface area contributed by atoms with Gasteiger partial charge in [-0.1, -0.05) is 6.07 Å². The minimum absolute atomic E-state index is 0.167. The van der Waals surface area contributed by atoms with Crippen LogP contribution in [0, 0.1) is 5.82 Å². The van der Waals surface area contributed by atoms with Gasteiger partial charge in [-0.2, -0.15) is 0 Å². The van der Waals surface area contributed by atoms with Gasteiger partial charge < -0.3 is 9.64 Å². The molecule has 0 N–H and O–H groups in total. The summed E-state index contributed by atoms with van der Waals surface area (Å²) >= 11 is 1.81. The molecular weight excluding hydrogens is 401 g/mol. The van der Waals surface area contributed by atoms with Crippen molar-refractivity contribution in [3.05, 3.63) is 87.2 Å². The number of rotatable bonds is 4. The van der Waals surface area contributed by atoms with Crippen LogP contribution in [0.4, 0.5) is 4.39 Å². The highest BCUT2D eigenvalue weighted by Gasteiger charge is 2.19. The molecule has 152 valence electrons. The van der Waals surface area contributed by atoms with Gasteiger partial charge in [0.1, 0.15) is 18.2 Å². The lowest BCUT2D eigenvalue weighted by Gasteiger charge is -2.22. The minimum Gasteiger partial charge on any atom is -0.487 e. The summed E-state index contributed by atoms with van der Waals surface area (Å²) in [4.78, 5) is 20.4. The van der Waals surface area contributed by atoms with Crippen LogP contribution in [-0.4, -0.2) is 28.0 Å². The summed E-state index contributed by atoms with van der Waals surface area (Å²) in [6.07, 6.45) is 3.94. The number of ether oxygens (including phenoxy) is 1. The summed E-state index contributed by atoms with van der Waals surface area (Å²) in [5.74, 6) is 0.0648. The average molecular weight is 421 g/mol. The molecule has 7 heteroatoms. The summed E-state index contributed by atoms with van der Waals surface area (Å²) in [6.45, 7) is 2.23. The fraction of sp³-hybridized carbons (Fsp3) is 0.217. The zero-order valence-electron chi connectivity index (χ0n) is 16.5. The lowest BCUT2D eigenvalue weighted by molar-refractivity contribution is 0.300. The Hall–Kier alpha value is -3.03. The molecule has 1 aromatic carbocycles. The third-order valence-corrected chi connectivity index (χ3v) is 6.54. The number of halogens is 1. The van der Waals surface area contributed by atoms with Gasteiger partial charge in [0.25, 0.3) is 5.56 Å². The fourth-order valence-electron chi connectivity index (χ4n) is 3.78. The van der Waals surface area contributed by atoms with Crippen LogP contribution in [0.2, 0.25) is 0 Å². The summed E-state index contributed by atoms with van der Waals surface area (Å²) in [5, 5.41) is 1.30. The molecule has 0 amide bonds. The molecule has 5 rings (SSSR count). The molecule has 0 saturated heterocycles. The average Bonchev–Trinajstić information content (AvgIpc) is 3.10. The molecule has 0 aliphatic carbocycles. The molecule has 4 aromatic rings. The maximum atomic E-state index is 12.9. The third kappa shape index (κ3) is 3.62. The first-order valence-corrected chi connectivity index (χ1v) is 10.6. The molecule has 0 bridgehead atoms. The van der Waals surface area contributed by atoms with Crippen molar-refractivity contribution in [2.45, 2.75) is 19.6 Å². The van der Waals surface area contributed by atoms with E-state index < -0.39 is 5.82 Å². The molecule has 1 aliphatic rings. The van der Waals surface area contributed by atoms with Gasteiger partial charge in [-0.05, 0) is 54.8 Å². The standard InChI is InChI=1S/C23H20FN3O2S/c1-26-8-7-20-19-5-4-17(10-21(19)30-22(20)13-26)27-9-6-18(11-23(27)28)29-14-16-3-2-15(24)12-25-16/h2-6,9-12H,7-8,13-14H2,1H3. The molecule has 30 heavy (non-hydrogen) atoms. The second-order valence-electron chi connectivity index (χ2n) is 7.50. The topological polar surface area (TPSA) is 47.4 Å². The van der Waals surface area contributed by atoms with Gasteiger partial charge in [0.05, 0.1) is 17.6 Å². The van der Waals surface area contributed by atoms with Crippen molar-refractivity contribution in [2.24, 2.45) is 0 Å². The molecule has 4 heterocycles. The number of pyridine rings is 2. The largest absolute Gasteiger partial charge is 0.487 e. The number of nitrogens with zero attached hydrogens (tertiary/aromatic N) is 3. The van der Waals surface area contributed by atoms with Crippen LogP contribution in [0.5, 0.6) is 5.75 Å². The number of thiophene rings is 1. The molecule has 5 nitrogen and oxygen atoms in total. The number of hydrogen-bond acceptors (Lipinski definition) is 5. The fourth-order valence-corrected chi connectivity index (χ4v) is 5.15. The van der Waals surface area contributed by atoms with E-state index in [1.807, 2.05) is 17.4 Å². The van der Waals surface area contributed by atoms with Crippen LogP contribution in [0.15, 0.2) is 59.7 Å². The highest BCUT2D eigenvalue weighted by molar-refractivity contribution is 7.19. The molecule has 0 spiro atoms. The van der Waals surface area contributed by atoms with Crippen molar-refractivity contribution >= 4 is 21.4 Å². The number of fused-ring (bicyclic) bond motifs is 3. The maximum absolute atomic E-state index is 12.9. The Morgan fingerprint density at radius 1 is 1.20 bits per heavy atom. The number of aromatic nitrogens is 2. The van der Waals surface area contributed by atoms with Crippen molar-refractivity contribution in [1.82, 2.24) is 14.5 Å². The van der Waals surface area contributed by atoms with E-state index in [9.17, 15) is 9.18 Å². The first-order chi connectivity index (χ1) is 14.6.